The van der Waals surface area contributed by atoms with Gasteiger partial charge in [0.25, 0.3) is 5.91 Å². The van der Waals surface area contributed by atoms with Crippen molar-refractivity contribution in [3.05, 3.63) is 60.2 Å². The number of ether oxygens (including phenoxy) is 3. The maximum absolute atomic E-state index is 12.7. The molecule has 2 aromatic carbocycles. The molecule has 9 nitrogen and oxygen atoms in total. The van der Waals surface area contributed by atoms with Gasteiger partial charge in [0.2, 0.25) is 10.0 Å². The standard InChI is InChI=1S/C22H24N2O7S/c1-29-19-6-2-4-17(14-19)8-9-22(26)31-16-21(25)23-18-5-3-7-20(15-18)32(27,28)24-10-12-30-13-11-24/h2-9,14-15H,10-13,16H2,1H3,(H,23,25)/b9-8+. The van der Waals surface area contributed by atoms with E-state index in [1.54, 1.807) is 43.5 Å². The zero-order valence-electron chi connectivity index (χ0n) is 17.5. The lowest BCUT2D eigenvalue weighted by Crippen LogP contribution is -2.40. The highest BCUT2D eigenvalue weighted by Crippen LogP contribution is 2.20. The predicted molar refractivity (Wildman–Crippen MR) is 118 cm³/mol. The summed E-state index contributed by atoms with van der Waals surface area (Å²) in [7, 11) is -2.14. The van der Waals surface area contributed by atoms with Gasteiger partial charge >= 0.3 is 5.97 Å². The van der Waals surface area contributed by atoms with Crippen LogP contribution in [-0.4, -0.2) is 64.6 Å². The van der Waals surface area contributed by atoms with Crippen LogP contribution in [0.3, 0.4) is 0 Å². The first-order valence-corrected chi connectivity index (χ1v) is 11.3. The number of hydrogen-bond acceptors (Lipinski definition) is 7. The third-order valence-electron chi connectivity index (χ3n) is 4.58. The second-order valence-corrected chi connectivity index (χ2v) is 8.75. The Morgan fingerprint density at radius 2 is 1.88 bits per heavy atom. The zero-order chi connectivity index (χ0) is 23.0. The van der Waals surface area contributed by atoms with Gasteiger partial charge in [0.1, 0.15) is 5.75 Å². The van der Waals surface area contributed by atoms with E-state index < -0.39 is 28.5 Å². The van der Waals surface area contributed by atoms with Gasteiger partial charge in [0.05, 0.1) is 25.2 Å². The van der Waals surface area contributed by atoms with Crippen LogP contribution in [0.25, 0.3) is 6.08 Å². The summed E-state index contributed by atoms with van der Waals surface area (Å²) in [6.07, 6.45) is 2.75. The van der Waals surface area contributed by atoms with E-state index in [0.717, 1.165) is 5.56 Å². The minimum atomic E-state index is -3.69. The van der Waals surface area contributed by atoms with Gasteiger partial charge in [-0.05, 0) is 42.0 Å². The second kappa shape index (κ2) is 10.9. The van der Waals surface area contributed by atoms with Crippen molar-refractivity contribution in [3.8, 4) is 5.75 Å². The van der Waals surface area contributed by atoms with E-state index in [2.05, 4.69) is 5.32 Å². The van der Waals surface area contributed by atoms with Gasteiger partial charge in [-0.1, -0.05) is 18.2 Å². The molecule has 2 aromatic rings. The summed E-state index contributed by atoms with van der Waals surface area (Å²) in [5.41, 5.74) is 1.02. The molecule has 0 radical (unpaired) electrons. The number of nitrogens with zero attached hydrogens (tertiary/aromatic N) is 1. The van der Waals surface area contributed by atoms with Gasteiger partial charge in [0.15, 0.2) is 6.61 Å². The maximum atomic E-state index is 12.7. The molecular formula is C22H24N2O7S. The normalized spacial score (nSPS) is 14.8. The van der Waals surface area contributed by atoms with E-state index in [4.69, 9.17) is 14.2 Å². The van der Waals surface area contributed by atoms with Crippen LogP contribution in [0, 0.1) is 0 Å². The summed E-state index contributed by atoms with van der Waals surface area (Å²) in [4.78, 5) is 24.1. The molecule has 0 unspecified atom stereocenters. The van der Waals surface area contributed by atoms with Gasteiger partial charge in [-0.3, -0.25) is 4.79 Å². The molecule has 0 saturated carbocycles. The van der Waals surface area contributed by atoms with Gasteiger partial charge in [0, 0.05) is 24.9 Å². The number of rotatable bonds is 8. The lowest BCUT2D eigenvalue weighted by molar-refractivity contribution is -0.142. The third kappa shape index (κ3) is 6.39. The largest absolute Gasteiger partial charge is 0.497 e. The van der Waals surface area contributed by atoms with Gasteiger partial charge in [-0.15, -0.1) is 0 Å². The number of morpholine rings is 1. The Balaban J connectivity index is 1.54. The molecule has 1 aliphatic heterocycles. The third-order valence-corrected chi connectivity index (χ3v) is 6.47. The number of benzene rings is 2. The number of amides is 1. The van der Waals surface area contributed by atoms with Crippen LogP contribution in [0.4, 0.5) is 5.69 Å². The number of hydrogen-bond donors (Lipinski definition) is 1. The van der Waals surface area contributed by atoms with Crippen LogP contribution in [0.2, 0.25) is 0 Å². The molecule has 32 heavy (non-hydrogen) atoms. The van der Waals surface area contributed by atoms with Gasteiger partial charge in [-0.25, -0.2) is 13.2 Å². The maximum Gasteiger partial charge on any atom is 0.331 e. The Kier molecular flexibility index (Phi) is 7.98. The fourth-order valence-electron chi connectivity index (χ4n) is 2.96. The first kappa shape index (κ1) is 23.5. The minimum absolute atomic E-state index is 0.0652. The lowest BCUT2D eigenvalue weighted by atomic mass is 10.2. The Labute approximate surface area is 186 Å². The number of carbonyl (C=O) groups is 2. The fourth-order valence-corrected chi connectivity index (χ4v) is 4.42. The fraction of sp³-hybridized carbons (Fsp3) is 0.273. The van der Waals surface area contributed by atoms with Crippen molar-refractivity contribution in [2.45, 2.75) is 4.90 Å². The summed E-state index contributed by atoms with van der Waals surface area (Å²) in [6, 6.07) is 13.0. The van der Waals surface area contributed by atoms with Crippen LogP contribution < -0.4 is 10.1 Å². The first-order valence-electron chi connectivity index (χ1n) is 9.85. The Hall–Kier alpha value is -3.21. The molecule has 0 atom stereocenters. The van der Waals surface area contributed by atoms with Crippen molar-refractivity contribution in [3.63, 3.8) is 0 Å². The second-order valence-electron chi connectivity index (χ2n) is 6.81. The summed E-state index contributed by atoms with van der Waals surface area (Å²) < 4.78 is 42.1. The molecule has 1 heterocycles. The number of methoxy groups -OCH3 is 1. The number of sulfonamides is 1. The van der Waals surface area contributed by atoms with E-state index in [0.29, 0.717) is 19.0 Å². The predicted octanol–water partition coefficient (Wildman–Crippen LogP) is 1.91. The van der Waals surface area contributed by atoms with Crippen LogP contribution in [-0.2, 0) is 29.1 Å². The quantitative estimate of drug-likeness (QED) is 0.473. The average molecular weight is 461 g/mol. The van der Waals surface area contributed by atoms with E-state index in [1.807, 2.05) is 0 Å². The average Bonchev–Trinajstić information content (AvgIpc) is 2.82. The SMILES string of the molecule is COc1cccc(/C=C/C(=O)OCC(=O)Nc2cccc(S(=O)(=O)N3CCOCC3)c2)c1. The van der Waals surface area contributed by atoms with E-state index in [9.17, 15) is 18.0 Å². The van der Waals surface area contributed by atoms with Crippen molar-refractivity contribution in [2.24, 2.45) is 0 Å². The summed E-state index contributed by atoms with van der Waals surface area (Å²) in [6.45, 7) is 0.721. The number of anilines is 1. The van der Waals surface area contributed by atoms with E-state index >= 15 is 0 Å². The lowest BCUT2D eigenvalue weighted by Gasteiger charge is -2.26. The molecule has 1 N–H and O–H groups in total. The molecule has 0 bridgehead atoms. The van der Waals surface area contributed by atoms with E-state index in [1.165, 1.54) is 28.6 Å². The molecule has 0 spiro atoms. The molecule has 1 fully saturated rings. The van der Waals surface area contributed by atoms with Crippen molar-refractivity contribution >= 4 is 33.7 Å². The zero-order valence-corrected chi connectivity index (χ0v) is 18.3. The highest BCUT2D eigenvalue weighted by atomic mass is 32.2. The summed E-state index contributed by atoms with van der Waals surface area (Å²) >= 11 is 0. The van der Waals surface area contributed by atoms with Crippen molar-refractivity contribution in [2.75, 3.05) is 45.3 Å². The summed E-state index contributed by atoms with van der Waals surface area (Å²) in [5, 5.41) is 2.54. The highest BCUT2D eigenvalue weighted by molar-refractivity contribution is 7.89. The molecule has 10 heteroatoms. The van der Waals surface area contributed by atoms with Gasteiger partial charge in [-0.2, -0.15) is 4.31 Å². The smallest absolute Gasteiger partial charge is 0.331 e. The molecule has 1 saturated heterocycles. The number of nitrogens with one attached hydrogen (secondary N) is 1. The molecule has 1 aliphatic rings. The van der Waals surface area contributed by atoms with Crippen molar-refractivity contribution < 1.29 is 32.2 Å². The Morgan fingerprint density at radius 3 is 2.62 bits per heavy atom. The Morgan fingerprint density at radius 1 is 1.12 bits per heavy atom. The van der Waals surface area contributed by atoms with Crippen molar-refractivity contribution in [1.29, 1.82) is 0 Å². The minimum Gasteiger partial charge on any atom is -0.497 e. The van der Waals surface area contributed by atoms with Crippen LogP contribution in [0.15, 0.2) is 59.5 Å². The van der Waals surface area contributed by atoms with Crippen LogP contribution in [0.5, 0.6) is 5.75 Å². The number of esters is 1. The summed E-state index contributed by atoms with van der Waals surface area (Å²) in [5.74, 6) is -0.626. The van der Waals surface area contributed by atoms with Crippen LogP contribution >= 0.6 is 0 Å². The molecule has 0 aliphatic carbocycles. The molecular weight excluding hydrogens is 436 g/mol. The highest BCUT2D eigenvalue weighted by Gasteiger charge is 2.26. The van der Waals surface area contributed by atoms with Crippen molar-refractivity contribution in [1.82, 2.24) is 4.31 Å². The molecule has 0 aromatic heterocycles. The topological polar surface area (TPSA) is 111 Å². The molecule has 170 valence electrons. The van der Waals surface area contributed by atoms with Gasteiger partial charge < -0.3 is 19.5 Å². The molecule has 1 amide bonds. The monoisotopic (exact) mass is 460 g/mol. The van der Waals surface area contributed by atoms with E-state index in [-0.39, 0.29) is 23.7 Å². The first-order chi connectivity index (χ1) is 15.4. The number of carbonyl (C=O) groups excluding carboxylic acids is 2. The Bertz CT molecular complexity index is 1090. The molecule has 3 rings (SSSR count). The van der Waals surface area contributed by atoms with Crippen LogP contribution in [0.1, 0.15) is 5.56 Å².